The van der Waals surface area contributed by atoms with Crippen LogP contribution < -0.4 is 29.2 Å². The summed E-state index contributed by atoms with van der Waals surface area (Å²) < 4.78 is 20.5. The highest BCUT2D eigenvalue weighted by atomic mass is 127. The average Bonchev–Trinajstić information content (AvgIpc) is 2.77. The Morgan fingerprint density at radius 1 is 0.931 bits per heavy atom. The van der Waals surface area contributed by atoms with Gasteiger partial charge in [0, 0.05) is 19.2 Å². The zero-order chi connectivity index (χ0) is 21.4. The number of hydrogen-bond donors (Lipinski definition) is 1. The maximum Gasteiger partial charge on any atom is 0.264 e. The minimum Gasteiger partial charge on any atom is -0.497 e. The molecule has 0 radical (unpaired) electrons. The third kappa shape index (κ3) is 5.66. The van der Waals surface area contributed by atoms with Crippen LogP contribution in [0.3, 0.4) is 0 Å². The first-order valence-electron chi connectivity index (χ1n) is 8.57. The number of fused-ring (bicyclic) bond motifs is 2. The van der Waals surface area contributed by atoms with E-state index in [1.165, 1.54) is 0 Å². The molecule has 2 aromatic carbocycles. The summed E-state index contributed by atoms with van der Waals surface area (Å²) >= 11 is 2.15. The van der Waals surface area contributed by atoms with Crippen molar-refractivity contribution in [1.29, 1.82) is 0 Å². The zero-order valence-electron chi connectivity index (χ0n) is 16.7. The number of carbonyl (C=O) groups excluding carboxylic acids is 2. The van der Waals surface area contributed by atoms with E-state index in [0.717, 1.165) is 17.2 Å². The molecule has 156 valence electrons. The van der Waals surface area contributed by atoms with Crippen LogP contribution >= 0.6 is 22.6 Å². The molecule has 0 spiro atoms. The predicted octanol–water partition coefficient (Wildman–Crippen LogP) is 3.13. The normalized spacial score (nSPS) is 13.6. The standard InChI is InChI=1S/C10H11NO3.C9H9NO3.CH3I/c1-11-8-4-3-7(13-2)5-9(8)14-6-10(11)12;1-12-6-2-3-7-8(4-6)13-5-9(11)10-7;1-2/h3-5H,6H2,1-2H3;2-4H,5H2,1H3,(H,10,11);1H3. The summed E-state index contributed by atoms with van der Waals surface area (Å²) in [5.74, 6) is 2.62. The Bertz CT molecular complexity index is 874. The van der Waals surface area contributed by atoms with Gasteiger partial charge in [-0.25, -0.2) is 0 Å². The van der Waals surface area contributed by atoms with E-state index in [1.807, 2.05) is 11.0 Å². The largest absolute Gasteiger partial charge is 0.497 e. The molecule has 2 heterocycles. The van der Waals surface area contributed by atoms with Gasteiger partial charge in [-0.05, 0) is 29.2 Å². The van der Waals surface area contributed by atoms with Gasteiger partial charge in [0.25, 0.3) is 11.8 Å². The van der Waals surface area contributed by atoms with Crippen LogP contribution in [0.4, 0.5) is 11.4 Å². The number of rotatable bonds is 2. The van der Waals surface area contributed by atoms with Crippen molar-refractivity contribution in [2.24, 2.45) is 0 Å². The van der Waals surface area contributed by atoms with E-state index in [2.05, 4.69) is 27.9 Å². The Morgan fingerprint density at radius 2 is 1.52 bits per heavy atom. The summed E-state index contributed by atoms with van der Waals surface area (Å²) in [5, 5.41) is 2.69. The van der Waals surface area contributed by atoms with E-state index in [9.17, 15) is 9.59 Å². The number of hydrogen-bond acceptors (Lipinski definition) is 6. The molecule has 0 fully saturated rings. The van der Waals surface area contributed by atoms with Crippen LogP contribution in [0.1, 0.15) is 0 Å². The number of carbonyl (C=O) groups is 2. The van der Waals surface area contributed by atoms with Gasteiger partial charge < -0.3 is 29.2 Å². The molecule has 1 N–H and O–H groups in total. The van der Waals surface area contributed by atoms with Crippen molar-refractivity contribution in [2.75, 3.05) is 49.6 Å². The Labute approximate surface area is 183 Å². The first kappa shape index (κ1) is 22.6. The van der Waals surface area contributed by atoms with Crippen LogP contribution in [0.2, 0.25) is 0 Å². The molecular weight excluding hydrogens is 491 g/mol. The molecule has 0 atom stereocenters. The van der Waals surface area contributed by atoms with E-state index in [-0.39, 0.29) is 25.0 Å². The number of amides is 2. The fourth-order valence-corrected chi connectivity index (χ4v) is 2.57. The highest BCUT2D eigenvalue weighted by molar-refractivity contribution is 14.1. The van der Waals surface area contributed by atoms with Gasteiger partial charge in [-0.1, -0.05) is 22.6 Å². The Hall–Kier alpha value is -2.69. The van der Waals surface area contributed by atoms with Gasteiger partial charge in [0.15, 0.2) is 13.2 Å². The summed E-state index contributed by atoms with van der Waals surface area (Å²) in [5.41, 5.74) is 1.47. The average molecular weight is 514 g/mol. The van der Waals surface area contributed by atoms with Crippen LogP contribution in [-0.4, -0.2) is 51.2 Å². The van der Waals surface area contributed by atoms with Gasteiger partial charge in [0.2, 0.25) is 0 Å². The van der Waals surface area contributed by atoms with Crippen LogP contribution in [0.25, 0.3) is 0 Å². The second-order valence-corrected chi connectivity index (χ2v) is 5.77. The van der Waals surface area contributed by atoms with Crippen LogP contribution in [-0.2, 0) is 9.59 Å². The number of methoxy groups -OCH3 is 2. The van der Waals surface area contributed by atoms with E-state index >= 15 is 0 Å². The minimum absolute atomic E-state index is 0.0392. The predicted molar refractivity (Wildman–Crippen MR) is 119 cm³/mol. The van der Waals surface area contributed by atoms with Gasteiger partial charge in [0.1, 0.15) is 23.0 Å². The van der Waals surface area contributed by atoms with Crippen molar-refractivity contribution < 1.29 is 28.5 Å². The van der Waals surface area contributed by atoms with E-state index in [0.29, 0.717) is 17.2 Å². The molecule has 4 rings (SSSR count). The number of ether oxygens (including phenoxy) is 4. The number of nitrogens with zero attached hydrogens (tertiary/aromatic N) is 1. The fraction of sp³-hybridized carbons (Fsp3) is 0.300. The number of benzene rings is 2. The molecule has 0 unspecified atom stereocenters. The Kier molecular flexibility index (Phi) is 8.37. The van der Waals surface area contributed by atoms with Crippen LogP contribution in [0, 0.1) is 0 Å². The third-order valence-electron chi connectivity index (χ3n) is 4.08. The lowest BCUT2D eigenvalue weighted by atomic mass is 10.2. The molecule has 0 saturated carbocycles. The smallest absolute Gasteiger partial charge is 0.264 e. The van der Waals surface area contributed by atoms with Gasteiger partial charge >= 0.3 is 0 Å². The van der Waals surface area contributed by atoms with Gasteiger partial charge in [-0.2, -0.15) is 0 Å². The lowest BCUT2D eigenvalue weighted by Gasteiger charge is -2.25. The molecule has 29 heavy (non-hydrogen) atoms. The number of likely N-dealkylation sites (N-methyl/N-ethyl adjacent to an activating group) is 1. The Morgan fingerprint density at radius 3 is 2.17 bits per heavy atom. The molecule has 8 nitrogen and oxygen atoms in total. The summed E-state index contributed by atoms with van der Waals surface area (Å²) in [6.45, 7) is 0.164. The van der Waals surface area contributed by atoms with Crippen molar-refractivity contribution in [3.63, 3.8) is 0 Å². The van der Waals surface area contributed by atoms with E-state index in [4.69, 9.17) is 18.9 Å². The number of alkyl halides is 1. The third-order valence-corrected chi connectivity index (χ3v) is 4.08. The zero-order valence-corrected chi connectivity index (χ0v) is 18.8. The van der Waals surface area contributed by atoms with Gasteiger partial charge in [0.05, 0.1) is 25.6 Å². The second-order valence-electron chi connectivity index (χ2n) is 5.77. The van der Waals surface area contributed by atoms with Crippen molar-refractivity contribution in [3.8, 4) is 23.0 Å². The molecule has 2 aromatic rings. The summed E-state index contributed by atoms with van der Waals surface area (Å²) in [6.07, 6.45) is 0. The quantitative estimate of drug-likeness (QED) is 0.490. The topological polar surface area (TPSA) is 86.3 Å². The minimum atomic E-state index is -0.127. The van der Waals surface area contributed by atoms with Crippen molar-refractivity contribution >= 4 is 45.8 Å². The summed E-state index contributed by atoms with van der Waals surface area (Å²) in [7, 11) is 4.92. The lowest BCUT2D eigenvalue weighted by molar-refractivity contribution is -0.121. The molecule has 2 amide bonds. The van der Waals surface area contributed by atoms with Crippen LogP contribution in [0.5, 0.6) is 23.0 Å². The molecule has 2 aliphatic heterocycles. The molecule has 2 aliphatic rings. The lowest BCUT2D eigenvalue weighted by Crippen LogP contribution is -2.35. The highest BCUT2D eigenvalue weighted by Gasteiger charge is 2.22. The monoisotopic (exact) mass is 514 g/mol. The molecule has 0 aromatic heterocycles. The SMILES string of the molecule is CI.COc1ccc2c(c1)OCC(=O)N2.COc1ccc2c(c1)OCC(=O)N2C. The van der Waals surface area contributed by atoms with Crippen LogP contribution in [0.15, 0.2) is 36.4 Å². The van der Waals surface area contributed by atoms with Gasteiger partial charge in [-0.15, -0.1) is 0 Å². The summed E-state index contributed by atoms with van der Waals surface area (Å²) in [6, 6.07) is 10.7. The number of nitrogens with one attached hydrogen (secondary N) is 1. The van der Waals surface area contributed by atoms with Crippen molar-refractivity contribution in [3.05, 3.63) is 36.4 Å². The van der Waals surface area contributed by atoms with Crippen molar-refractivity contribution in [1.82, 2.24) is 0 Å². The molecule has 0 aliphatic carbocycles. The highest BCUT2D eigenvalue weighted by Crippen LogP contribution is 2.34. The number of halogens is 1. The Balaban J connectivity index is 0.000000191. The molecule has 9 heteroatoms. The van der Waals surface area contributed by atoms with Crippen molar-refractivity contribution in [2.45, 2.75) is 0 Å². The number of anilines is 2. The fourth-order valence-electron chi connectivity index (χ4n) is 2.57. The van der Waals surface area contributed by atoms with Gasteiger partial charge in [-0.3, -0.25) is 9.59 Å². The summed E-state index contributed by atoms with van der Waals surface area (Å²) in [4.78, 5) is 25.7. The first-order valence-corrected chi connectivity index (χ1v) is 10.7. The van der Waals surface area contributed by atoms with E-state index in [1.54, 1.807) is 56.5 Å². The van der Waals surface area contributed by atoms with E-state index < -0.39 is 0 Å². The maximum atomic E-state index is 11.3. The molecule has 0 bridgehead atoms. The molecular formula is C20H23IN2O6. The second kappa shape index (κ2) is 10.7. The first-order chi connectivity index (χ1) is 14.0. The maximum absolute atomic E-state index is 11.3. The molecule has 0 saturated heterocycles.